The van der Waals surface area contributed by atoms with Crippen LogP contribution in [0.2, 0.25) is 0 Å². The van der Waals surface area contributed by atoms with Crippen molar-refractivity contribution in [3.05, 3.63) is 88.0 Å². The number of aliphatic hydroxyl groups excluding tert-OH is 1. The fourth-order valence-corrected chi connectivity index (χ4v) is 3.29. The smallest absolute Gasteiger partial charge is 0.297 e. The summed E-state index contributed by atoms with van der Waals surface area (Å²) in [4.78, 5) is 29.7. The molecule has 7 heteroatoms. The van der Waals surface area contributed by atoms with E-state index in [1.807, 2.05) is 43.3 Å². The second-order valence-electron chi connectivity index (χ2n) is 7.49. The second-order valence-corrected chi connectivity index (χ2v) is 7.49. The normalized spacial score (nSPS) is 14.2. The van der Waals surface area contributed by atoms with Crippen LogP contribution in [0.3, 0.4) is 0 Å². The highest BCUT2D eigenvalue weighted by Crippen LogP contribution is 2.21. The Hall–Kier alpha value is -3.45. The standard InChI is InChI=1S/C23H24N4O3/c1-15-7-8-17(22(29)25-18-9-10-18)13-20(15)27-12-11-24-21(23(27)30)26-19(14-28)16-5-3-2-4-6-16/h2-8,11-13,18-19,28H,9-10,14H2,1H3,(H,24,26)(H,25,29). The maximum atomic E-state index is 13.1. The highest BCUT2D eigenvalue weighted by Gasteiger charge is 2.24. The SMILES string of the molecule is Cc1ccc(C(=O)NC2CC2)cc1-n1ccnc(NC(CO)c2ccccc2)c1=O. The minimum atomic E-state index is -0.459. The molecule has 1 atom stereocenters. The van der Waals surface area contributed by atoms with Crippen LogP contribution in [0, 0.1) is 6.92 Å². The quantitative estimate of drug-likeness (QED) is 0.563. The highest BCUT2D eigenvalue weighted by molar-refractivity contribution is 5.95. The van der Waals surface area contributed by atoms with E-state index >= 15 is 0 Å². The first-order valence-corrected chi connectivity index (χ1v) is 9.98. The Balaban J connectivity index is 1.66. The molecule has 1 unspecified atom stereocenters. The topological polar surface area (TPSA) is 96.2 Å². The van der Waals surface area contributed by atoms with Crippen molar-refractivity contribution in [1.29, 1.82) is 0 Å². The van der Waals surface area contributed by atoms with Crippen molar-refractivity contribution in [3.8, 4) is 5.69 Å². The molecule has 3 N–H and O–H groups in total. The Morgan fingerprint density at radius 2 is 2.00 bits per heavy atom. The number of rotatable bonds is 7. The zero-order chi connectivity index (χ0) is 21.1. The van der Waals surface area contributed by atoms with Crippen molar-refractivity contribution >= 4 is 11.7 Å². The van der Waals surface area contributed by atoms with Gasteiger partial charge >= 0.3 is 0 Å². The summed E-state index contributed by atoms with van der Waals surface area (Å²) in [5.41, 5.74) is 2.49. The molecule has 1 aliphatic rings. The van der Waals surface area contributed by atoms with Crippen molar-refractivity contribution in [3.63, 3.8) is 0 Å². The lowest BCUT2D eigenvalue weighted by atomic mass is 10.1. The minimum absolute atomic E-state index is 0.132. The van der Waals surface area contributed by atoms with Crippen molar-refractivity contribution in [2.24, 2.45) is 0 Å². The van der Waals surface area contributed by atoms with Crippen LogP contribution in [-0.2, 0) is 0 Å². The van der Waals surface area contributed by atoms with Gasteiger partial charge in [-0.25, -0.2) is 4.98 Å². The Kier molecular flexibility index (Phi) is 5.63. The Morgan fingerprint density at radius 3 is 2.70 bits per heavy atom. The van der Waals surface area contributed by atoms with Crippen LogP contribution in [-0.4, -0.2) is 33.2 Å². The van der Waals surface area contributed by atoms with E-state index in [1.165, 1.54) is 10.8 Å². The summed E-state index contributed by atoms with van der Waals surface area (Å²) in [6, 6.07) is 14.5. The zero-order valence-electron chi connectivity index (χ0n) is 16.7. The predicted octanol–water partition coefficient (Wildman–Crippen LogP) is 2.58. The lowest BCUT2D eigenvalue weighted by molar-refractivity contribution is 0.0951. The Labute approximate surface area is 174 Å². The van der Waals surface area contributed by atoms with Crippen LogP contribution >= 0.6 is 0 Å². The number of anilines is 1. The van der Waals surface area contributed by atoms with E-state index in [0.29, 0.717) is 11.3 Å². The summed E-state index contributed by atoms with van der Waals surface area (Å²) in [6.45, 7) is 1.70. The molecule has 0 aliphatic heterocycles. The number of carbonyl (C=O) groups is 1. The van der Waals surface area contributed by atoms with Gasteiger partial charge < -0.3 is 15.7 Å². The Morgan fingerprint density at radius 1 is 1.23 bits per heavy atom. The minimum Gasteiger partial charge on any atom is -0.394 e. The molecule has 7 nitrogen and oxygen atoms in total. The fraction of sp³-hybridized carbons (Fsp3) is 0.261. The van der Waals surface area contributed by atoms with Gasteiger partial charge in [0, 0.05) is 24.0 Å². The summed E-state index contributed by atoms with van der Waals surface area (Å²) in [7, 11) is 0. The van der Waals surface area contributed by atoms with Crippen LogP contribution in [0.5, 0.6) is 0 Å². The van der Waals surface area contributed by atoms with Crippen LogP contribution < -0.4 is 16.2 Å². The molecular formula is C23H24N4O3. The third kappa shape index (κ3) is 4.26. The number of carbonyl (C=O) groups excluding carboxylic acids is 1. The van der Waals surface area contributed by atoms with E-state index in [9.17, 15) is 14.7 Å². The lowest BCUT2D eigenvalue weighted by Gasteiger charge is -2.18. The van der Waals surface area contributed by atoms with E-state index in [-0.39, 0.29) is 29.9 Å². The molecule has 3 aromatic rings. The molecule has 1 aromatic heterocycles. The molecule has 1 amide bonds. The zero-order valence-corrected chi connectivity index (χ0v) is 16.7. The molecular weight excluding hydrogens is 380 g/mol. The monoisotopic (exact) mass is 404 g/mol. The lowest BCUT2D eigenvalue weighted by Crippen LogP contribution is -2.28. The molecule has 1 heterocycles. The van der Waals surface area contributed by atoms with Crippen molar-refractivity contribution in [1.82, 2.24) is 14.9 Å². The average Bonchev–Trinajstić information content (AvgIpc) is 3.58. The van der Waals surface area contributed by atoms with Crippen LogP contribution in [0.1, 0.15) is 40.4 Å². The maximum absolute atomic E-state index is 13.1. The van der Waals surface area contributed by atoms with E-state index in [1.54, 1.807) is 18.3 Å². The van der Waals surface area contributed by atoms with E-state index in [4.69, 9.17) is 0 Å². The number of amides is 1. The number of nitrogens with zero attached hydrogens (tertiary/aromatic N) is 2. The van der Waals surface area contributed by atoms with Crippen LogP contribution in [0.25, 0.3) is 5.69 Å². The molecule has 0 radical (unpaired) electrons. The van der Waals surface area contributed by atoms with Crippen molar-refractivity contribution < 1.29 is 9.90 Å². The third-order valence-electron chi connectivity index (χ3n) is 5.18. The number of benzene rings is 2. The second kappa shape index (κ2) is 8.51. The van der Waals surface area contributed by atoms with Crippen LogP contribution in [0.15, 0.2) is 65.7 Å². The fourth-order valence-electron chi connectivity index (χ4n) is 3.29. The third-order valence-corrected chi connectivity index (χ3v) is 5.18. The summed E-state index contributed by atoms with van der Waals surface area (Å²) >= 11 is 0. The van der Waals surface area contributed by atoms with Crippen molar-refractivity contribution in [2.45, 2.75) is 31.8 Å². The van der Waals surface area contributed by atoms with Gasteiger partial charge in [0.2, 0.25) is 0 Å². The van der Waals surface area contributed by atoms with Gasteiger partial charge in [-0.05, 0) is 43.0 Å². The van der Waals surface area contributed by atoms with Crippen LogP contribution in [0.4, 0.5) is 5.82 Å². The molecule has 30 heavy (non-hydrogen) atoms. The highest BCUT2D eigenvalue weighted by atomic mass is 16.3. The van der Waals surface area contributed by atoms with Gasteiger partial charge in [0.05, 0.1) is 18.3 Å². The number of hydrogen-bond donors (Lipinski definition) is 3. The van der Waals surface area contributed by atoms with Gasteiger partial charge in [-0.15, -0.1) is 0 Å². The average molecular weight is 404 g/mol. The van der Waals surface area contributed by atoms with Gasteiger partial charge in [-0.3, -0.25) is 14.2 Å². The molecule has 2 aromatic carbocycles. The maximum Gasteiger partial charge on any atom is 0.297 e. The van der Waals surface area contributed by atoms with E-state index in [2.05, 4.69) is 15.6 Å². The van der Waals surface area contributed by atoms with Gasteiger partial charge in [0.15, 0.2) is 5.82 Å². The summed E-state index contributed by atoms with van der Waals surface area (Å²) in [6.07, 6.45) is 5.13. The first kappa shape index (κ1) is 19.8. The predicted molar refractivity (Wildman–Crippen MR) is 115 cm³/mol. The molecule has 0 bridgehead atoms. The molecule has 1 saturated carbocycles. The first-order chi connectivity index (χ1) is 14.6. The molecule has 0 spiro atoms. The summed E-state index contributed by atoms with van der Waals surface area (Å²) in [5, 5.41) is 15.8. The van der Waals surface area contributed by atoms with Crippen molar-refractivity contribution in [2.75, 3.05) is 11.9 Å². The molecule has 1 fully saturated rings. The summed E-state index contributed by atoms with van der Waals surface area (Å²) < 4.78 is 1.47. The van der Waals surface area contributed by atoms with E-state index in [0.717, 1.165) is 24.0 Å². The number of aryl methyl sites for hydroxylation is 1. The van der Waals surface area contributed by atoms with Gasteiger partial charge in [-0.1, -0.05) is 36.4 Å². The summed E-state index contributed by atoms with van der Waals surface area (Å²) in [5.74, 6) is -0.00346. The van der Waals surface area contributed by atoms with Gasteiger partial charge in [0.25, 0.3) is 11.5 Å². The number of aliphatic hydroxyl groups is 1. The Bertz CT molecular complexity index is 1110. The molecule has 4 rings (SSSR count). The van der Waals surface area contributed by atoms with Gasteiger partial charge in [0.1, 0.15) is 0 Å². The molecule has 0 saturated heterocycles. The van der Waals surface area contributed by atoms with E-state index < -0.39 is 6.04 Å². The first-order valence-electron chi connectivity index (χ1n) is 9.98. The molecule has 1 aliphatic carbocycles. The largest absolute Gasteiger partial charge is 0.394 e. The van der Waals surface area contributed by atoms with Gasteiger partial charge in [-0.2, -0.15) is 0 Å². The molecule has 154 valence electrons. The number of aromatic nitrogens is 2. The number of nitrogens with one attached hydrogen (secondary N) is 2. The number of hydrogen-bond acceptors (Lipinski definition) is 5.